The number of halogens is 1. The Kier molecular flexibility index (Phi) is 3.78. The Balaban J connectivity index is 2.24. The first-order chi connectivity index (χ1) is 7.33. The summed E-state index contributed by atoms with van der Waals surface area (Å²) < 4.78 is 1.21. The fourth-order valence-electron chi connectivity index (χ4n) is 2.33. The maximum absolute atomic E-state index is 5.84. The van der Waals surface area contributed by atoms with Crippen LogP contribution in [0.1, 0.15) is 17.9 Å². The van der Waals surface area contributed by atoms with Crippen LogP contribution < -0.4 is 11.1 Å². The van der Waals surface area contributed by atoms with Gasteiger partial charge in [0.05, 0.1) is 0 Å². The second kappa shape index (κ2) is 5.10. The zero-order valence-electron chi connectivity index (χ0n) is 8.75. The first-order valence-corrected chi connectivity index (χ1v) is 6.27. The molecule has 2 nitrogen and oxygen atoms in total. The summed E-state index contributed by atoms with van der Waals surface area (Å²) in [5.41, 5.74) is 7.23. The Labute approximate surface area is 99.4 Å². The number of rotatable bonds is 2. The molecule has 0 spiro atoms. The van der Waals surface area contributed by atoms with Crippen LogP contribution in [0.2, 0.25) is 0 Å². The molecule has 0 aromatic heterocycles. The number of hydrogen-bond acceptors (Lipinski definition) is 2. The second-order valence-electron chi connectivity index (χ2n) is 4.12. The van der Waals surface area contributed by atoms with Crippen molar-refractivity contribution < 1.29 is 0 Å². The van der Waals surface area contributed by atoms with Gasteiger partial charge in [0.2, 0.25) is 0 Å². The summed E-state index contributed by atoms with van der Waals surface area (Å²) in [5.74, 6) is 1.17. The Morgan fingerprint density at radius 3 is 2.93 bits per heavy atom. The van der Waals surface area contributed by atoms with Gasteiger partial charge < -0.3 is 11.1 Å². The molecular weight excluding hydrogens is 252 g/mol. The summed E-state index contributed by atoms with van der Waals surface area (Å²) in [6, 6.07) is 8.46. The molecule has 0 radical (unpaired) electrons. The lowest BCUT2D eigenvalue weighted by Gasteiger charge is -2.32. The van der Waals surface area contributed by atoms with E-state index in [-0.39, 0.29) is 0 Å². The van der Waals surface area contributed by atoms with Gasteiger partial charge in [-0.25, -0.2) is 0 Å². The molecule has 0 saturated carbocycles. The van der Waals surface area contributed by atoms with Crippen molar-refractivity contribution in [1.29, 1.82) is 0 Å². The predicted octanol–water partition coefficient (Wildman–Crippen LogP) is 2.10. The SMILES string of the molecule is NCC1CCNCC1c1ccccc1Br. The highest BCUT2D eigenvalue weighted by Crippen LogP contribution is 2.32. The molecular formula is C12H17BrN2. The molecule has 3 heteroatoms. The van der Waals surface area contributed by atoms with E-state index < -0.39 is 0 Å². The smallest absolute Gasteiger partial charge is 0.0210 e. The van der Waals surface area contributed by atoms with Gasteiger partial charge in [0.1, 0.15) is 0 Å². The van der Waals surface area contributed by atoms with Crippen LogP contribution in [-0.4, -0.2) is 19.6 Å². The van der Waals surface area contributed by atoms with E-state index in [0.29, 0.717) is 11.8 Å². The summed E-state index contributed by atoms with van der Waals surface area (Å²) >= 11 is 3.62. The molecule has 2 rings (SSSR count). The number of hydrogen-bond donors (Lipinski definition) is 2. The van der Waals surface area contributed by atoms with Crippen LogP contribution in [-0.2, 0) is 0 Å². The molecule has 1 heterocycles. The Hall–Kier alpha value is -0.380. The zero-order chi connectivity index (χ0) is 10.7. The molecule has 1 fully saturated rings. The molecule has 0 aliphatic carbocycles. The molecule has 1 aliphatic heterocycles. The molecule has 1 aromatic rings. The van der Waals surface area contributed by atoms with Gasteiger partial charge in [0.25, 0.3) is 0 Å². The maximum atomic E-state index is 5.84. The highest BCUT2D eigenvalue weighted by molar-refractivity contribution is 9.10. The van der Waals surface area contributed by atoms with Crippen molar-refractivity contribution in [3.63, 3.8) is 0 Å². The molecule has 2 atom stereocenters. The van der Waals surface area contributed by atoms with Crippen molar-refractivity contribution >= 4 is 15.9 Å². The van der Waals surface area contributed by atoms with Gasteiger partial charge >= 0.3 is 0 Å². The summed E-state index contributed by atoms with van der Waals surface area (Å²) in [5, 5.41) is 3.45. The fourth-order valence-corrected chi connectivity index (χ4v) is 2.91. The average Bonchev–Trinajstić information content (AvgIpc) is 2.30. The Morgan fingerprint density at radius 2 is 2.20 bits per heavy atom. The summed E-state index contributed by atoms with van der Waals surface area (Å²) in [4.78, 5) is 0. The third-order valence-corrected chi connectivity index (χ3v) is 3.95. The normalized spacial score (nSPS) is 26.5. The van der Waals surface area contributed by atoms with Crippen LogP contribution in [0.3, 0.4) is 0 Å². The monoisotopic (exact) mass is 268 g/mol. The van der Waals surface area contributed by atoms with E-state index in [4.69, 9.17) is 5.73 Å². The molecule has 3 N–H and O–H groups in total. The Morgan fingerprint density at radius 1 is 1.40 bits per heavy atom. The van der Waals surface area contributed by atoms with Gasteiger partial charge in [-0.2, -0.15) is 0 Å². The van der Waals surface area contributed by atoms with E-state index >= 15 is 0 Å². The van der Waals surface area contributed by atoms with Gasteiger partial charge in [0, 0.05) is 16.9 Å². The van der Waals surface area contributed by atoms with Crippen molar-refractivity contribution in [1.82, 2.24) is 5.32 Å². The minimum absolute atomic E-state index is 0.555. The van der Waals surface area contributed by atoms with Gasteiger partial charge in [0.15, 0.2) is 0 Å². The lowest BCUT2D eigenvalue weighted by molar-refractivity contribution is 0.330. The largest absolute Gasteiger partial charge is 0.330 e. The van der Waals surface area contributed by atoms with Crippen LogP contribution in [0.25, 0.3) is 0 Å². The minimum Gasteiger partial charge on any atom is -0.330 e. The second-order valence-corrected chi connectivity index (χ2v) is 4.97. The van der Waals surface area contributed by atoms with Crippen molar-refractivity contribution in [3.05, 3.63) is 34.3 Å². The van der Waals surface area contributed by atoms with Crippen molar-refractivity contribution in [3.8, 4) is 0 Å². The van der Waals surface area contributed by atoms with Crippen LogP contribution in [0.15, 0.2) is 28.7 Å². The van der Waals surface area contributed by atoms with E-state index in [1.54, 1.807) is 0 Å². The molecule has 1 aromatic carbocycles. The van der Waals surface area contributed by atoms with Gasteiger partial charge in [-0.3, -0.25) is 0 Å². The average molecular weight is 269 g/mol. The van der Waals surface area contributed by atoms with E-state index in [9.17, 15) is 0 Å². The lowest BCUT2D eigenvalue weighted by Crippen LogP contribution is -2.38. The third kappa shape index (κ3) is 2.41. The molecule has 1 saturated heterocycles. The van der Waals surface area contributed by atoms with E-state index in [1.807, 2.05) is 0 Å². The van der Waals surface area contributed by atoms with Crippen LogP contribution in [0.5, 0.6) is 0 Å². The molecule has 2 unspecified atom stereocenters. The van der Waals surface area contributed by atoms with E-state index in [0.717, 1.165) is 19.6 Å². The predicted molar refractivity (Wildman–Crippen MR) is 66.9 cm³/mol. The third-order valence-electron chi connectivity index (χ3n) is 3.23. The topological polar surface area (TPSA) is 38.0 Å². The lowest BCUT2D eigenvalue weighted by atomic mass is 9.81. The van der Waals surface area contributed by atoms with Crippen molar-refractivity contribution in [2.24, 2.45) is 11.7 Å². The quantitative estimate of drug-likeness (QED) is 0.863. The van der Waals surface area contributed by atoms with E-state index in [2.05, 4.69) is 45.5 Å². The minimum atomic E-state index is 0.555. The number of nitrogens with one attached hydrogen (secondary N) is 1. The number of piperidine rings is 1. The first-order valence-electron chi connectivity index (χ1n) is 5.48. The van der Waals surface area contributed by atoms with Gasteiger partial charge in [-0.05, 0) is 37.1 Å². The summed E-state index contributed by atoms with van der Waals surface area (Å²) in [7, 11) is 0. The molecule has 82 valence electrons. The molecule has 0 bridgehead atoms. The highest BCUT2D eigenvalue weighted by atomic mass is 79.9. The highest BCUT2D eigenvalue weighted by Gasteiger charge is 2.26. The number of benzene rings is 1. The van der Waals surface area contributed by atoms with Crippen LogP contribution >= 0.6 is 15.9 Å². The summed E-state index contributed by atoms with van der Waals surface area (Å²) in [6.07, 6.45) is 1.18. The van der Waals surface area contributed by atoms with Crippen molar-refractivity contribution in [2.45, 2.75) is 12.3 Å². The zero-order valence-corrected chi connectivity index (χ0v) is 10.3. The summed E-state index contributed by atoms with van der Waals surface area (Å²) in [6.45, 7) is 2.93. The molecule has 1 aliphatic rings. The fraction of sp³-hybridized carbons (Fsp3) is 0.500. The van der Waals surface area contributed by atoms with Gasteiger partial charge in [-0.1, -0.05) is 34.1 Å². The van der Waals surface area contributed by atoms with Crippen LogP contribution in [0, 0.1) is 5.92 Å². The van der Waals surface area contributed by atoms with E-state index in [1.165, 1.54) is 16.5 Å². The first kappa shape index (κ1) is 11.1. The number of nitrogens with two attached hydrogens (primary N) is 1. The molecule has 0 amide bonds. The maximum Gasteiger partial charge on any atom is 0.0210 e. The standard InChI is InChI=1S/C12H17BrN2/c13-12-4-2-1-3-10(12)11-8-15-6-5-9(11)7-14/h1-4,9,11,15H,5-8,14H2. The Bertz CT molecular complexity index is 327. The molecule has 15 heavy (non-hydrogen) atoms. The van der Waals surface area contributed by atoms with Gasteiger partial charge in [-0.15, -0.1) is 0 Å². The van der Waals surface area contributed by atoms with Crippen LogP contribution in [0.4, 0.5) is 0 Å². The van der Waals surface area contributed by atoms with Crippen molar-refractivity contribution in [2.75, 3.05) is 19.6 Å².